The Morgan fingerprint density at radius 2 is 2.14 bits per heavy atom. The first-order chi connectivity index (χ1) is 6.70. The average Bonchev–Trinajstić information content (AvgIpc) is 1.99. The molecule has 1 heterocycles. The number of benzene rings is 1. The number of hydrogen-bond acceptors (Lipinski definition) is 2. The zero-order chi connectivity index (χ0) is 10.1. The summed E-state index contributed by atoms with van der Waals surface area (Å²) < 4.78 is 0.981. The predicted molar refractivity (Wildman–Crippen MR) is 66.9 cm³/mol. The number of nitrogens with two attached hydrogens (primary N) is 1. The highest BCUT2D eigenvalue weighted by Gasteiger charge is 2.19. The molecule has 0 spiro atoms. The van der Waals surface area contributed by atoms with Gasteiger partial charge in [-0.05, 0) is 34.5 Å². The molecule has 2 nitrogen and oxygen atoms in total. The molecule has 2 rings (SSSR count). The van der Waals surface area contributed by atoms with E-state index in [1.807, 2.05) is 12.1 Å². The van der Waals surface area contributed by atoms with E-state index in [1.54, 1.807) is 0 Å². The summed E-state index contributed by atoms with van der Waals surface area (Å²) in [6, 6.07) is 6.05. The fraction of sp³-hybridized carbons (Fsp3) is 0.300. The maximum atomic E-state index is 5.71. The molecule has 0 saturated carbocycles. The summed E-state index contributed by atoms with van der Waals surface area (Å²) in [5, 5.41) is 0. The van der Waals surface area contributed by atoms with Gasteiger partial charge in [0.05, 0.1) is 0 Å². The van der Waals surface area contributed by atoms with Crippen molar-refractivity contribution in [3.63, 3.8) is 0 Å². The molecule has 14 heavy (non-hydrogen) atoms. The molecular formula is C10H11BrN2S. The molecule has 4 heteroatoms. The van der Waals surface area contributed by atoms with Crippen molar-refractivity contribution in [3.05, 3.63) is 28.2 Å². The lowest BCUT2D eigenvalue weighted by molar-refractivity contribution is 0.617. The van der Waals surface area contributed by atoms with Gasteiger partial charge in [0.25, 0.3) is 0 Å². The summed E-state index contributed by atoms with van der Waals surface area (Å²) in [4.78, 5) is 2.75. The van der Waals surface area contributed by atoms with Gasteiger partial charge in [0.1, 0.15) is 4.99 Å². The number of rotatable bonds is 2. The highest BCUT2D eigenvalue weighted by Crippen LogP contribution is 2.30. The highest BCUT2D eigenvalue weighted by molar-refractivity contribution is 9.10. The van der Waals surface area contributed by atoms with Crippen LogP contribution in [0.4, 0.5) is 5.69 Å². The van der Waals surface area contributed by atoms with Gasteiger partial charge in [-0.15, -0.1) is 0 Å². The van der Waals surface area contributed by atoms with E-state index in [4.69, 9.17) is 18.0 Å². The van der Waals surface area contributed by atoms with Gasteiger partial charge in [-0.3, -0.25) is 0 Å². The second-order valence-corrected chi connectivity index (χ2v) is 4.63. The minimum atomic E-state index is 0.458. The number of anilines is 1. The van der Waals surface area contributed by atoms with Gasteiger partial charge in [0, 0.05) is 28.8 Å². The maximum absolute atomic E-state index is 5.71. The van der Waals surface area contributed by atoms with Crippen LogP contribution in [-0.2, 0) is 0 Å². The number of halogens is 1. The summed E-state index contributed by atoms with van der Waals surface area (Å²) in [6.45, 7) is 2.21. The summed E-state index contributed by atoms with van der Waals surface area (Å²) in [7, 11) is 0. The van der Waals surface area contributed by atoms with E-state index in [9.17, 15) is 0 Å². The van der Waals surface area contributed by atoms with Crippen LogP contribution < -0.4 is 10.6 Å². The van der Waals surface area contributed by atoms with E-state index in [-0.39, 0.29) is 0 Å². The van der Waals surface area contributed by atoms with Crippen LogP contribution in [0.2, 0.25) is 0 Å². The van der Waals surface area contributed by atoms with E-state index in [1.165, 1.54) is 6.42 Å². The first-order valence-corrected chi connectivity index (χ1v) is 5.73. The molecular weight excluding hydrogens is 260 g/mol. The molecule has 0 atom stereocenters. The van der Waals surface area contributed by atoms with Crippen LogP contribution in [0.15, 0.2) is 22.7 Å². The van der Waals surface area contributed by atoms with E-state index in [2.05, 4.69) is 26.9 Å². The molecule has 1 aliphatic heterocycles. The fourth-order valence-corrected chi connectivity index (χ4v) is 2.49. The third-order valence-electron chi connectivity index (χ3n) is 2.43. The number of thiocarbonyl (C=S) groups is 1. The predicted octanol–water partition coefficient (Wildman–Crippen LogP) is 2.29. The molecule has 0 bridgehead atoms. The van der Waals surface area contributed by atoms with Crippen molar-refractivity contribution in [1.82, 2.24) is 0 Å². The zero-order valence-corrected chi connectivity index (χ0v) is 10.1. The summed E-state index contributed by atoms with van der Waals surface area (Å²) >= 11 is 8.52. The number of nitrogens with zero attached hydrogens (tertiary/aromatic N) is 1. The largest absolute Gasteiger partial charge is 0.389 e. The van der Waals surface area contributed by atoms with Crippen molar-refractivity contribution >= 4 is 38.8 Å². The van der Waals surface area contributed by atoms with Gasteiger partial charge in [-0.2, -0.15) is 0 Å². The summed E-state index contributed by atoms with van der Waals surface area (Å²) in [6.07, 6.45) is 1.25. The second-order valence-electron chi connectivity index (χ2n) is 3.34. The Morgan fingerprint density at radius 1 is 1.43 bits per heavy atom. The minimum Gasteiger partial charge on any atom is -0.389 e. The van der Waals surface area contributed by atoms with Crippen LogP contribution >= 0.6 is 28.1 Å². The van der Waals surface area contributed by atoms with Crippen molar-refractivity contribution in [1.29, 1.82) is 0 Å². The highest BCUT2D eigenvalue weighted by atomic mass is 79.9. The quantitative estimate of drug-likeness (QED) is 0.837. The van der Waals surface area contributed by atoms with E-state index >= 15 is 0 Å². The topological polar surface area (TPSA) is 29.3 Å². The average molecular weight is 271 g/mol. The van der Waals surface area contributed by atoms with Crippen LogP contribution in [0.25, 0.3) is 0 Å². The molecule has 1 aliphatic rings. The molecule has 0 aromatic heterocycles. The molecule has 1 saturated heterocycles. The van der Waals surface area contributed by atoms with E-state index in [0.717, 1.165) is 28.8 Å². The number of hydrogen-bond donors (Lipinski definition) is 1. The Kier molecular flexibility index (Phi) is 2.74. The van der Waals surface area contributed by atoms with Crippen LogP contribution in [0.5, 0.6) is 0 Å². The molecule has 0 unspecified atom stereocenters. The van der Waals surface area contributed by atoms with Crippen molar-refractivity contribution in [3.8, 4) is 0 Å². The van der Waals surface area contributed by atoms with Gasteiger partial charge < -0.3 is 10.6 Å². The van der Waals surface area contributed by atoms with Crippen molar-refractivity contribution < 1.29 is 0 Å². The van der Waals surface area contributed by atoms with Crippen molar-refractivity contribution in [2.45, 2.75) is 6.42 Å². The zero-order valence-electron chi connectivity index (χ0n) is 7.66. The van der Waals surface area contributed by atoms with Gasteiger partial charge in [0.15, 0.2) is 0 Å². The summed E-state index contributed by atoms with van der Waals surface area (Å²) in [5.74, 6) is 0. The van der Waals surface area contributed by atoms with Crippen LogP contribution in [0.1, 0.15) is 12.0 Å². The van der Waals surface area contributed by atoms with Gasteiger partial charge in [0.2, 0.25) is 0 Å². The fourth-order valence-electron chi connectivity index (χ4n) is 1.58. The molecule has 0 amide bonds. The van der Waals surface area contributed by atoms with Crippen LogP contribution in [0.3, 0.4) is 0 Å². The molecule has 2 N–H and O–H groups in total. The molecule has 74 valence electrons. The van der Waals surface area contributed by atoms with Crippen LogP contribution in [0, 0.1) is 0 Å². The van der Waals surface area contributed by atoms with E-state index < -0.39 is 0 Å². The lowest BCUT2D eigenvalue weighted by Gasteiger charge is -2.34. The smallest absolute Gasteiger partial charge is 0.107 e. The van der Waals surface area contributed by atoms with Gasteiger partial charge in [-0.25, -0.2) is 0 Å². The lowest BCUT2D eigenvalue weighted by Crippen LogP contribution is -2.38. The van der Waals surface area contributed by atoms with Crippen LogP contribution in [-0.4, -0.2) is 18.1 Å². The normalized spacial score (nSPS) is 15.1. The van der Waals surface area contributed by atoms with Gasteiger partial charge in [-0.1, -0.05) is 18.3 Å². The van der Waals surface area contributed by atoms with Crippen molar-refractivity contribution in [2.75, 3.05) is 18.0 Å². The standard InChI is InChI=1S/C10H11BrN2S/c11-7-3-1-4-8(9(7)10(12)14)13-5-2-6-13/h1,3-4H,2,5-6H2,(H2,12,14). The first-order valence-electron chi connectivity index (χ1n) is 4.53. The molecule has 0 aliphatic carbocycles. The minimum absolute atomic E-state index is 0.458. The summed E-state index contributed by atoms with van der Waals surface area (Å²) in [5.41, 5.74) is 7.82. The van der Waals surface area contributed by atoms with E-state index in [0.29, 0.717) is 4.99 Å². The SMILES string of the molecule is NC(=S)c1c(Br)cccc1N1CCC1. The molecule has 1 fully saturated rings. The van der Waals surface area contributed by atoms with Gasteiger partial charge >= 0.3 is 0 Å². The Hall–Kier alpha value is -0.610. The van der Waals surface area contributed by atoms with Crippen molar-refractivity contribution in [2.24, 2.45) is 5.73 Å². The Bertz CT molecular complexity index is 374. The monoisotopic (exact) mass is 270 g/mol. The molecule has 1 aromatic carbocycles. The Morgan fingerprint density at radius 3 is 2.64 bits per heavy atom. The third-order valence-corrected chi connectivity index (χ3v) is 3.30. The molecule has 1 aromatic rings. The Labute approximate surface area is 97.2 Å². The second kappa shape index (κ2) is 3.87. The Balaban J connectivity index is 2.46. The lowest BCUT2D eigenvalue weighted by atomic mass is 10.1. The maximum Gasteiger partial charge on any atom is 0.107 e. The first kappa shape index (κ1) is 9.93. The molecule has 0 radical (unpaired) electrons. The third kappa shape index (κ3) is 1.64.